The molecule has 5 nitrogen and oxygen atoms in total. The average molecular weight is 380 g/mol. The molecule has 1 N–H and O–H groups in total. The van der Waals surface area contributed by atoms with Gasteiger partial charge in [-0.1, -0.05) is 0 Å². The van der Waals surface area contributed by atoms with Crippen molar-refractivity contribution >= 4 is 26.6 Å². The summed E-state index contributed by atoms with van der Waals surface area (Å²) >= 11 is 0. The Kier molecular flexibility index (Phi) is 3.42. The lowest BCUT2D eigenvalue weighted by molar-refractivity contribution is -0.137. The Bertz CT molecular complexity index is 1160. The zero-order valence-corrected chi connectivity index (χ0v) is 14.1. The molecule has 0 atom stereocenters. The van der Waals surface area contributed by atoms with E-state index in [1.165, 1.54) is 19.4 Å². The number of pyridine rings is 1. The molecule has 0 saturated carbocycles. The zero-order chi connectivity index (χ0) is 18.7. The molecule has 1 aliphatic rings. The number of rotatable bonds is 1. The Labute approximate surface area is 146 Å². The van der Waals surface area contributed by atoms with E-state index in [1.807, 2.05) is 0 Å². The molecule has 9 heteroatoms. The monoisotopic (exact) mass is 380 g/mol. The predicted molar refractivity (Wildman–Crippen MR) is 89.5 cm³/mol. The van der Waals surface area contributed by atoms with Crippen LogP contribution in [0.2, 0.25) is 0 Å². The quantitative estimate of drug-likeness (QED) is 0.692. The highest BCUT2D eigenvalue weighted by atomic mass is 32.2. The number of fused-ring (bicyclic) bond motifs is 5. The van der Waals surface area contributed by atoms with Crippen molar-refractivity contribution in [1.82, 2.24) is 4.98 Å². The minimum Gasteiger partial charge on any atom is -0.496 e. The molecule has 0 spiro atoms. The van der Waals surface area contributed by atoms with E-state index in [9.17, 15) is 21.6 Å². The molecular formula is C17H11F3N2O3S. The van der Waals surface area contributed by atoms with Crippen LogP contribution >= 0.6 is 0 Å². The summed E-state index contributed by atoms with van der Waals surface area (Å²) in [6.07, 6.45) is -3.12. The normalized spacial score (nSPS) is 15.1. The number of aromatic nitrogens is 1. The molecule has 26 heavy (non-hydrogen) atoms. The molecule has 0 amide bonds. The van der Waals surface area contributed by atoms with Crippen LogP contribution < -0.4 is 9.46 Å². The average Bonchev–Trinajstić information content (AvgIpc) is 2.60. The first-order valence-corrected chi connectivity index (χ1v) is 8.91. The van der Waals surface area contributed by atoms with Crippen LogP contribution in [0, 0.1) is 0 Å². The highest BCUT2D eigenvalue weighted by Gasteiger charge is 2.35. The largest absolute Gasteiger partial charge is 0.496 e. The van der Waals surface area contributed by atoms with Crippen molar-refractivity contribution in [2.75, 3.05) is 11.8 Å². The molecule has 1 aromatic heterocycles. The van der Waals surface area contributed by atoms with Gasteiger partial charge in [-0.25, -0.2) is 8.42 Å². The van der Waals surface area contributed by atoms with Gasteiger partial charge >= 0.3 is 6.18 Å². The van der Waals surface area contributed by atoms with Gasteiger partial charge < -0.3 is 4.74 Å². The van der Waals surface area contributed by atoms with Crippen LogP contribution in [0.5, 0.6) is 5.75 Å². The van der Waals surface area contributed by atoms with Gasteiger partial charge in [0.2, 0.25) is 0 Å². The van der Waals surface area contributed by atoms with Gasteiger partial charge in [0.05, 0.1) is 28.8 Å². The topological polar surface area (TPSA) is 68.3 Å². The molecule has 0 aliphatic carbocycles. The number of benzene rings is 2. The van der Waals surface area contributed by atoms with Crippen LogP contribution in [-0.4, -0.2) is 20.5 Å². The van der Waals surface area contributed by atoms with Gasteiger partial charge in [-0.15, -0.1) is 0 Å². The van der Waals surface area contributed by atoms with Gasteiger partial charge in [-0.3, -0.25) is 9.71 Å². The maximum absolute atomic E-state index is 13.1. The number of methoxy groups -OCH3 is 1. The summed E-state index contributed by atoms with van der Waals surface area (Å²) in [4.78, 5) is 3.96. The van der Waals surface area contributed by atoms with Gasteiger partial charge in [-0.2, -0.15) is 13.2 Å². The van der Waals surface area contributed by atoms with Crippen LogP contribution in [-0.2, 0) is 16.2 Å². The first-order chi connectivity index (χ1) is 12.2. The first kappa shape index (κ1) is 16.6. The SMILES string of the molecule is COc1cc2c(c3ncccc13)NS(=O)(=O)c1ccc(C(F)(F)F)cc1-2. The maximum Gasteiger partial charge on any atom is 0.416 e. The van der Waals surface area contributed by atoms with Gasteiger partial charge in [0, 0.05) is 22.7 Å². The highest BCUT2D eigenvalue weighted by Crippen LogP contribution is 2.46. The first-order valence-electron chi connectivity index (χ1n) is 7.42. The van der Waals surface area contributed by atoms with Crippen molar-refractivity contribution in [3.63, 3.8) is 0 Å². The summed E-state index contributed by atoms with van der Waals surface area (Å²) in [6, 6.07) is 7.40. The molecule has 2 aromatic carbocycles. The van der Waals surface area contributed by atoms with Crippen molar-refractivity contribution in [3.05, 3.63) is 48.2 Å². The number of sulfonamides is 1. The predicted octanol–water partition coefficient (Wildman–Crippen LogP) is 4.04. The molecule has 0 fully saturated rings. The van der Waals surface area contributed by atoms with Crippen LogP contribution in [0.25, 0.3) is 22.0 Å². The van der Waals surface area contributed by atoms with Crippen molar-refractivity contribution in [1.29, 1.82) is 0 Å². The molecule has 0 radical (unpaired) electrons. The third-order valence-corrected chi connectivity index (χ3v) is 5.61. The van der Waals surface area contributed by atoms with Gasteiger partial charge in [0.25, 0.3) is 10.0 Å². The van der Waals surface area contributed by atoms with Crippen LogP contribution in [0.1, 0.15) is 5.56 Å². The highest BCUT2D eigenvalue weighted by molar-refractivity contribution is 7.93. The number of anilines is 1. The minimum absolute atomic E-state index is 0.0422. The summed E-state index contributed by atoms with van der Waals surface area (Å²) in [5, 5.41) is 0.548. The maximum atomic E-state index is 13.1. The second kappa shape index (κ2) is 5.34. The van der Waals surface area contributed by atoms with Crippen molar-refractivity contribution in [2.45, 2.75) is 11.1 Å². The van der Waals surface area contributed by atoms with Crippen LogP contribution in [0.15, 0.2) is 47.5 Å². The van der Waals surface area contributed by atoms with Crippen molar-refractivity contribution in [2.24, 2.45) is 0 Å². The number of hydrogen-bond acceptors (Lipinski definition) is 4. The minimum atomic E-state index is -4.59. The van der Waals surface area contributed by atoms with E-state index in [0.29, 0.717) is 16.7 Å². The molecule has 4 rings (SSSR count). The van der Waals surface area contributed by atoms with Gasteiger partial charge in [0.15, 0.2) is 0 Å². The van der Waals surface area contributed by atoms with Crippen LogP contribution in [0.4, 0.5) is 18.9 Å². The molecule has 0 bridgehead atoms. The van der Waals surface area contributed by atoms with E-state index in [0.717, 1.165) is 18.2 Å². The Balaban J connectivity index is 2.13. The Morgan fingerprint density at radius 1 is 1.12 bits per heavy atom. The molecule has 2 heterocycles. The Morgan fingerprint density at radius 3 is 2.58 bits per heavy atom. The molecule has 134 valence electrons. The van der Waals surface area contributed by atoms with Crippen molar-refractivity contribution in [3.8, 4) is 16.9 Å². The fraction of sp³-hybridized carbons (Fsp3) is 0.118. The number of nitrogens with zero attached hydrogens (tertiary/aromatic N) is 1. The third-order valence-electron chi connectivity index (χ3n) is 4.20. The van der Waals surface area contributed by atoms with E-state index >= 15 is 0 Å². The smallest absolute Gasteiger partial charge is 0.416 e. The molecule has 0 saturated heterocycles. The zero-order valence-electron chi connectivity index (χ0n) is 13.3. The lowest BCUT2D eigenvalue weighted by Crippen LogP contribution is -2.20. The number of hydrogen-bond donors (Lipinski definition) is 1. The second-order valence-electron chi connectivity index (χ2n) is 5.72. The Hall–Kier alpha value is -2.81. The van der Waals surface area contributed by atoms with E-state index in [2.05, 4.69) is 9.71 Å². The van der Waals surface area contributed by atoms with Gasteiger partial charge in [0.1, 0.15) is 5.75 Å². The Morgan fingerprint density at radius 2 is 1.88 bits per heavy atom. The summed E-state index contributed by atoms with van der Waals surface area (Å²) in [7, 11) is -2.60. The number of nitrogens with one attached hydrogen (secondary N) is 1. The molecular weight excluding hydrogens is 369 g/mol. The summed E-state index contributed by atoms with van der Waals surface area (Å²) in [6.45, 7) is 0. The number of alkyl halides is 3. The molecule has 3 aromatic rings. The lowest BCUT2D eigenvalue weighted by Gasteiger charge is -2.24. The van der Waals surface area contributed by atoms with Crippen molar-refractivity contribution < 1.29 is 26.3 Å². The molecule has 1 aliphatic heterocycles. The summed E-state index contributed by atoms with van der Waals surface area (Å²) in [5.41, 5.74) is -0.260. The standard InChI is InChI=1S/C17H11F3N2O3S/c1-25-13-8-12-11-7-9(17(18,19)20)4-5-14(11)26(23,24)22-16(12)15-10(13)3-2-6-21-15/h2-8,22H,1H3. The molecule has 0 unspecified atom stereocenters. The number of ether oxygens (including phenoxy) is 1. The third kappa shape index (κ3) is 2.38. The summed E-state index contributed by atoms with van der Waals surface area (Å²) in [5.74, 6) is 0.385. The lowest BCUT2D eigenvalue weighted by atomic mass is 9.98. The van der Waals surface area contributed by atoms with E-state index in [4.69, 9.17) is 4.74 Å². The second-order valence-corrected chi connectivity index (χ2v) is 7.37. The fourth-order valence-electron chi connectivity index (χ4n) is 3.04. The van der Waals surface area contributed by atoms with Crippen LogP contribution in [0.3, 0.4) is 0 Å². The van der Waals surface area contributed by atoms with E-state index < -0.39 is 21.8 Å². The van der Waals surface area contributed by atoms with E-state index in [-0.39, 0.29) is 21.7 Å². The summed E-state index contributed by atoms with van der Waals surface area (Å²) < 4.78 is 72.2. The van der Waals surface area contributed by atoms with Gasteiger partial charge in [-0.05, 0) is 36.4 Å². The number of halogens is 3. The fourth-order valence-corrected chi connectivity index (χ4v) is 4.33. The van der Waals surface area contributed by atoms with E-state index in [1.54, 1.807) is 12.1 Å².